The first-order valence-electron chi connectivity index (χ1n) is 11.1. The smallest absolute Gasteiger partial charge is 0.220 e. The molecule has 0 aliphatic carbocycles. The van der Waals surface area contributed by atoms with E-state index in [9.17, 15) is 4.79 Å². The largest absolute Gasteiger partial charge is 0.379 e. The van der Waals surface area contributed by atoms with E-state index in [0.29, 0.717) is 24.8 Å². The van der Waals surface area contributed by atoms with E-state index in [2.05, 4.69) is 20.7 Å². The van der Waals surface area contributed by atoms with Gasteiger partial charge >= 0.3 is 0 Å². The molecule has 2 atom stereocenters. The third kappa shape index (κ3) is 5.90. The summed E-state index contributed by atoms with van der Waals surface area (Å²) < 4.78 is 10.9. The molecule has 2 fully saturated rings. The Morgan fingerprint density at radius 3 is 2.87 bits per heavy atom. The summed E-state index contributed by atoms with van der Waals surface area (Å²) in [7, 11) is 0. The Kier molecular flexibility index (Phi) is 7.50. The van der Waals surface area contributed by atoms with Crippen molar-refractivity contribution in [3.8, 4) is 11.3 Å². The zero-order valence-electron chi connectivity index (χ0n) is 17.5. The van der Waals surface area contributed by atoms with Crippen molar-refractivity contribution in [2.24, 2.45) is 11.8 Å². The number of hydrogen-bond acceptors (Lipinski definition) is 6. The fourth-order valence-corrected chi connectivity index (χ4v) is 4.39. The summed E-state index contributed by atoms with van der Waals surface area (Å²) in [6.45, 7) is 6.97. The van der Waals surface area contributed by atoms with E-state index in [1.165, 1.54) is 0 Å². The van der Waals surface area contributed by atoms with E-state index in [4.69, 9.17) is 9.26 Å². The van der Waals surface area contributed by atoms with Crippen LogP contribution < -0.4 is 10.6 Å². The monoisotopic (exact) mass is 412 g/mol. The number of piperidine rings is 1. The standard InChI is InChI=1S/C23H32N4O3/c28-23(25-8-9-27-10-12-29-13-11-27)15-19-6-7-24-17-20(19)14-21-16-22(30-26-21)18-4-2-1-3-5-18/h1-5,16,19-20,24H,6-15,17H2,(H,25,28)/t19-,20-/m0/s1. The van der Waals surface area contributed by atoms with Crippen molar-refractivity contribution in [3.63, 3.8) is 0 Å². The van der Waals surface area contributed by atoms with Crippen LogP contribution >= 0.6 is 0 Å². The molecule has 2 aromatic rings. The summed E-state index contributed by atoms with van der Waals surface area (Å²) in [5.41, 5.74) is 1.99. The van der Waals surface area contributed by atoms with Gasteiger partial charge in [0.05, 0.1) is 18.9 Å². The Balaban J connectivity index is 1.26. The van der Waals surface area contributed by atoms with Crippen LogP contribution in [0.3, 0.4) is 0 Å². The van der Waals surface area contributed by atoms with Crippen LogP contribution in [-0.2, 0) is 16.0 Å². The minimum atomic E-state index is 0.158. The Morgan fingerprint density at radius 1 is 1.20 bits per heavy atom. The summed E-state index contributed by atoms with van der Waals surface area (Å²) in [5, 5.41) is 10.9. The molecule has 1 aromatic carbocycles. The summed E-state index contributed by atoms with van der Waals surface area (Å²) in [5.74, 6) is 1.71. The Morgan fingerprint density at radius 2 is 2.03 bits per heavy atom. The lowest BCUT2D eigenvalue weighted by Crippen LogP contribution is -2.43. The van der Waals surface area contributed by atoms with Gasteiger partial charge in [-0.1, -0.05) is 35.5 Å². The molecule has 1 aromatic heterocycles. The zero-order chi connectivity index (χ0) is 20.6. The molecule has 2 aliphatic rings. The molecule has 30 heavy (non-hydrogen) atoms. The summed E-state index contributed by atoms with van der Waals surface area (Å²) in [6, 6.07) is 12.1. The molecule has 1 amide bonds. The Bertz CT molecular complexity index is 789. The Hall–Kier alpha value is -2.22. The van der Waals surface area contributed by atoms with E-state index in [-0.39, 0.29) is 5.91 Å². The number of amides is 1. The van der Waals surface area contributed by atoms with Crippen molar-refractivity contribution in [3.05, 3.63) is 42.1 Å². The van der Waals surface area contributed by atoms with Gasteiger partial charge in [-0.15, -0.1) is 0 Å². The molecule has 162 valence electrons. The van der Waals surface area contributed by atoms with Crippen LogP contribution in [0.1, 0.15) is 18.5 Å². The highest BCUT2D eigenvalue weighted by molar-refractivity contribution is 5.76. The topological polar surface area (TPSA) is 79.6 Å². The first-order valence-corrected chi connectivity index (χ1v) is 11.1. The van der Waals surface area contributed by atoms with Crippen LogP contribution in [0, 0.1) is 11.8 Å². The molecule has 2 saturated heterocycles. The average molecular weight is 413 g/mol. The van der Waals surface area contributed by atoms with Crippen LogP contribution in [0.5, 0.6) is 0 Å². The second kappa shape index (κ2) is 10.7. The Labute approximate surface area is 178 Å². The van der Waals surface area contributed by atoms with Crippen LogP contribution in [0.2, 0.25) is 0 Å². The van der Waals surface area contributed by atoms with Gasteiger partial charge in [0.15, 0.2) is 5.76 Å². The van der Waals surface area contributed by atoms with Gasteiger partial charge in [0.25, 0.3) is 0 Å². The SMILES string of the molecule is O=C(C[C@@H]1CCNC[C@@H]1Cc1cc(-c2ccccc2)on1)NCCN1CCOCC1. The molecule has 0 bridgehead atoms. The van der Waals surface area contributed by atoms with Crippen molar-refractivity contribution < 1.29 is 14.1 Å². The zero-order valence-corrected chi connectivity index (χ0v) is 17.5. The fourth-order valence-electron chi connectivity index (χ4n) is 4.39. The molecule has 2 N–H and O–H groups in total. The number of rotatable bonds is 8. The van der Waals surface area contributed by atoms with Crippen molar-refractivity contribution in [2.75, 3.05) is 52.5 Å². The lowest BCUT2D eigenvalue weighted by Gasteiger charge is -2.31. The quantitative estimate of drug-likeness (QED) is 0.690. The number of carbonyl (C=O) groups is 1. The molecular weight excluding hydrogens is 380 g/mol. The normalized spacial score (nSPS) is 22.7. The first-order chi connectivity index (χ1) is 14.8. The van der Waals surface area contributed by atoms with Crippen molar-refractivity contribution in [1.82, 2.24) is 20.7 Å². The van der Waals surface area contributed by atoms with Crippen LogP contribution in [-0.4, -0.2) is 68.4 Å². The molecule has 0 unspecified atom stereocenters. The van der Waals surface area contributed by atoms with Crippen molar-refractivity contribution >= 4 is 5.91 Å². The predicted molar refractivity (Wildman–Crippen MR) is 115 cm³/mol. The minimum absolute atomic E-state index is 0.158. The lowest BCUT2D eigenvalue weighted by molar-refractivity contribution is -0.122. The van der Waals surface area contributed by atoms with Crippen LogP contribution in [0.4, 0.5) is 0 Å². The maximum atomic E-state index is 12.5. The second-order valence-corrected chi connectivity index (χ2v) is 8.27. The molecule has 3 heterocycles. The lowest BCUT2D eigenvalue weighted by atomic mass is 9.81. The van der Waals surface area contributed by atoms with E-state index in [0.717, 1.165) is 75.8 Å². The van der Waals surface area contributed by atoms with Gasteiger partial charge in [0.1, 0.15) is 0 Å². The maximum absolute atomic E-state index is 12.5. The third-order valence-electron chi connectivity index (χ3n) is 6.16. The number of aromatic nitrogens is 1. The summed E-state index contributed by atoms with van der Waals surface area (Å²) in [6.07, 6.45) is 2.43. The van der Waals surface area contributed by atoms with Gasteiger partial charge in [0.2, 0.25) is 5.91 Å². The number of hydrogen-bond donors (Lipinski definition) is 2. The van der Waals surface area contributed by atoms with Gasteiger partial charge in [0, 0.05) is 44.2 Å². The van der Waals surface area contributed by atoms with Gasteiger partial charge in [-0.2, -0.15) is 0 Å². The van der Waals surface area contributed by atoms with E-state index < -0.39 is 0 Å². The van der Waals surface area contributed by atoms with Gasteiger partial charge in [-0.25, -0.2) is 0 Å². The molecule has 7 heteroatoms. The molecule has 0 radical (unpaired) electrons. The molecular formula is C23H32N4O3. The molecule has 7 nitrogen and oxygen atoms in total. The maximum Gasteiger partial charge on any atom is 0.220 e. The number of nitrogens with zero attached hydrogens (tertiary/aromatic N) is 2. The highest BCUT2D eigenvalue weighted by Gasteiger charge is 2.28. The van der Waals surface area contributed by atoms with E-state index >= 15 is 0 Å². The number of morpholine rings is 1. The van der Waals surface area contributed by atoms with Crippen molar-refractivity contribution in [1.29, 1.82) is 0 Å². The van der Waals surface area contributed by atoms with Gasteiger partial charge in [-0.3, -0.25) is 9.69 Å². The highest BCUT2D eigenvalue weighted by atomic mass is 16.5. The fraction of sp³-hybridized carbons (Fsp3) is 0.565. The number of nitrogens with one attached hydrogen (secondary N) is 2. The highest BCUT2D eigenvalue weighted by Crippen LogP contribution is 2.28. The minimum Gasteiger partial charge on any atom is -0.379 e. The van der Waals surface area contributed by atoms with Gasteiger partial charge in [-0.05, 0) is 37.8 Å². The summed E-state index contributed by atoms with van der Waals surface area (Å²) >= 11 is 0. The molecule has 0 saturated carbocycles. The molecule has 4 rings (SSSR count). The first kappa shape index (κ1) is 21.0. The number of ether oxygens (including phenoxy) is 1. The van der Waals surface area contributed by atoms with Gasteiger partial charge < -0.3 is 19.9 Å². The summed E-state index contributed by atoms with van der Waals surface area (Å²) in [4.78, 5) is 14.9. The molecule has 2 aliphatic heterocycles. The van der Waals surface area contributed by atoms with Crippen LogP contribution in [0.25, 0.3) is 11.3 Å². The number of benzene rings is 1. The second-order valence-electron chi connectivity index (χ2n) is 8.27. The van der Waals surface area contributed by atoms with E-state index in [1.54, 1.807) is 0 Å². The predicted octanol–water partition coefficient (Wildman–Crippen LogP) is 1.95. The third-order valence-corrected chi connectivity index (χ3v) is 6.16. The van der Waals surface area contributed by atoms with Crippen LogP contribution in [0.15, 0.2) is 40.9 Å². The molecule has 0 spiro atoms. The van der Waals surface area contributed by atoms with E-state index in [1.807, 2.05) is 36.4 Å². The number of carbonyl (C=O) groups excluding carboxylic acids is 1. The van der Waals surface area contributed by atoms with Crippen molar-refractivity contribution in [2.45, 2.75) is 19.3 Å². The average Bonchev–Trinajstić information content (AvgIpc) is 3.25.